The van der Waals surface area contributed by atoms with Gasteiger partial charge in [-0.3, -0.25) is 0 Å². The normalized spacial score (nSPS) is 11.5. The number of ether oxygens (including phenoxy) is 2. The Morgan fingerprint density at radius 1 is 0.474 bits per heavy atom. The van der Waals surface area contributed by atoms with E-state index < -0.39 is 14.5 Å². The lowest BCUT2D eigenvalue weighted by atomic mass is 10.4. The quantitative estimate of drug-likeness (QED) is 0.204. The van der Waals surface area contributed by atoms with Gasteiger partial charge in [0, 0.05) is 0 Å². The highest BCUT2D eigenvalue weighted by atomic mass is 31.2. The van der Waals surface area contributed by atoms with Crippen molar-refractivity contribution in [2.75, 3.05) is 38.9 Å². The van der Waals surface area contributed by atoms with Gasteiger partial charge in [-0.05, 0) is 48.5 Å². The molecule has 0 aromatic heterocycles. The van der Waals surface area contributed by atoms with Crippen molar-refractivity contribution >= 4 is 47.7 Å². The van der Waals surface area contributed by atoms with Crippen molar-refractivity contribution in [3.8, 4) is 0 Å². The molecule has 0 aliphatic rings. The molecule has 4 rings (SSSR count). The van der Waals surface area contributed by atoms with Crippen LogP contribution in [0.25, 0.3) is 0 Å². The van der Waals surface area contributed by atoms with Crippen molar-refractivity contribution in [3.05, 3.63) is 121 Å². The van der Waals surface area contributed by atoms with Gasteiger partial charge in [-0.25, -0.2) is 9.59 Å². The minimum absolute atomic E-state index is 0.220. The van der Waals surface area contributed by atoms with E-state index in [0.29, 0.717) is 12.3 Å². The summed E-state index contributed by atoms with van der Waals surface area (Å²) in [6.45, 7) is 0. The van der Waals surface area contributed by atoms with Crippen molar-refractivity contribution in [2.24, 2.45) is 0 Å². The maximum atomic E-state index is 13.0. The number of hydrogen-bond acceptors (Lipinski definition) is 4. The molecule has 0 spiro atoms. The first-order valence-corrected chi connectivity index (χ1v) is 17.0. The minimum Gasteiger partial charge on any atom is -0.466 e. The Bertz CT molecular complexity index is 1130. The molecule has 0 saturated heterocycles. The minimum atomic E-state index is -2.26. The third kappa shape index (κ3) is 6.04. The van der Waals surface area contributed by atoms with Crippen LogP contribution in [0.3, 0.4) is 0 Å². The molecule has 0 fully saturated rings. The van der Waals surface area contributed by atoms with E-state index in [2.05, 4.69) is 48.5 Å². The average molecular weight is 545 g/mol. The van der Waals surface area contributed by atoms with Crippen LogP contribution in [0.1, 0.15) is 0 Å². The molecule has 4 aromatic carbocycles. The Kier molecular flexibility index (Phi) is 9.45. The molecule has 0 saturated carbocycles. The van der Waals surface area contributed by atoms with Gasteiger partial charge in [0.2, 0.25) is 0 Å². The summed E-state index contributed by atoms with van der Waals surface area (Å²) in [6.07, 6.45) is 2.12. The van der Waals surface area contributed by atoms with Gasteiger partial charge in [0.1, 0.15) is 12.3 Å². The molecule has 6 heteroatoms. The van der Waals surface area contributed by atoms with Crippen LogP contribution in [0.2, 0.25) is 0 Å². The molecule has 0 bridgehead atoms. The average Bonchev–Trinajstić information content (AvgIpc) is 3.00. The summed E-state index contributed by atoms with van der Waals surface area (Å²) in [5.41, 5.74) is 0. The smallest absolute Gasteiger partial charge is 0.344 e. The second kappa shape index (κ2) is 13.0. The number of hydrogen-bond donors (Lipinski definition) is 0. The number of methoxy groups -OCH3 is 2. The SMILES string of the molecule is COC(=O)C[P+](CC[P+](CC(=O)OC)(c1ccccc1)c1ccccc1)(c1ccccc1)c1ccccc1. The van der Waals surface area contributed by atoms with Crippen LogP contribution < -0.4 is 21.2 Å². The van der Waals surface area contributed by atoms with Gasteiger partial charge in [-0.15, -0.1) is 0 Å². The maximum absolute atomic E-state index is 13.0. The van der Waals surface area contributed by atoms with Crippen LogP contribution in [0, 0.1) is 0 Å². The monoisotopic (exact) mass is 544 g/mol. The Balaban J connectivity index is 1.92. The maximum Gasteiger partial charge on any atom is 0.344 e. The highest BCUT2D eigenvalue weighted by Crippen LogP contribution is 2.63. The Hall–Kier alpha value is -3.32. The summed E-state index contributed by atoms with van der Waals surface area (Å²) < 4.78 is 10.5. The fourth-order valence-corrected chi connectivity index (χ4v) is 14.6. The van der Waals surface area contributed by atoms with Gasteiger partial charge in [0.05, 0.1) is 50.0 Å². The molecule has 38 heavy (non-hydrogen) atoms. The molecule has 0 aliphatic heterocycles. The summed E-state index contributed by atoms with van der Waals surface area (Å²) in [4.78, 5) is 26.0. The summed E-state index contributed by atoms with van der Waals surface area (Å²) in [7, 11) is -1.62. The van der Waals surface area contributed by atoms with E-state index in [9.17, 15) is 9.59 Å². The molecular weight excluding hydrogens is 510 g/mol. The fraction of sp³-hybridized carbons (Fsp3) is 0.188. The van der Waals surface area contributed by atoms with Gasteiger partial charge >= 0.3 is 11.9 Å². The van der Waals surface area contributed by atoms with E-state index in [-0.39, 0.29) is 11.9 Å². The van der Waals surface area contributed by atoms with Crippen LogP contribution in [0.4, 0.5) is 0 Å². The summed E-state index contributed by atoms with van der Waals surface area (Å²) in [5.74, 6) is -0.440. The van der Waals surface area contributed by atoms with Crippen LogP contribution >= 0.6 is 14.5 Å². The first-order chi connectivity index (χ1) is 18.5. The van der Waals surface area contributed by atoms with Crippen molar-refractivity contribution in [2.45, 2.75) is 0 Å². The Labute approximate surface area is 226 Å². The van der Waals surface area contributed by atoms with Gasteiger partial charge in [-0.1, -0.05) is 72.8 Å². The highest BCUT2D eigenvalue weighted by Gasteiger charge is 2.52. The van der Waals surface area contributed by atoms with Gasteiger partial charge < -0.3 is 9.47 Å². The van der Waals surface area contributed by atoms with Crippen molar-refractivity contribution in [3.63, 3.8) is 0 Å². The van der Waals surface area contributed by atoms with Crippen molar-refractivity contribution in [1.29, 1.82) is 0 Å². The van der Waals surface area contributed by atoms with Crippen LogP contribution in [-0.2, 0) is 19.1 Å². The standard InChI is InChI=1S/C32H34O4P2/c1-35-31(33)25-37(27-15-7-3-8-16-27,28-17-9-4-10-18-28)23-24-38(26-32(34)36-2,29-19-11-5-12-20-29)30-21-13-6-14-22-30/h3-22H,23-26H2,1-2H3/q+2. The lowest BCUT2D eigenvalue weighted by Crippen LogP contribution is -2.36. The third-order valence-corrected chi connectivity index (χ3v) is 16.2. The van der Waals surface area contributed by atoms with Crippen molar-refractivity contribution in [1.82, 2.24) is 0 Å². The van der Waals surface area contributed by atoms with E-state index in [4.69, 9.17) is 9.47 Å². The molecule has 4 nitrogen and oxygen atoms in total. The van der Waals surface area contributed by atoms with Crippen LogP contribution in [-0.4, -0.2) is 50.8 Å². The molecule has 0 amide bonds. The topological polar surface area (TPSA) is 52.6 Å². The number of benzene rings is 4. The molecule has 0 unspecified atom stereocenters. The van der Waals surface area contributed by atoms with E-state index in [1.807, 2.05) is 72.8 Å². The molecule has 194 valence electrons. The highest BCUT2D eigenvalue weighted by molar-refractivity contribution is 7.93. The van der Waals surface area contributed by atoms with Crippen molar-refractivity contribution < 1.29 is 19.1 Å². The summed E-state index contributed by atoms with van der Waals surface area (Å²) in [5, 5.41) is 4.64. The zero-order valence-corrected chi connectivity index (χ0v) is 23.7. The molecule has 0 atom stereocenters. The van der Waals surface area contributed by atoms with E-state index in [1.165, 1.54) is 14.2 Å². The lowest BCUT2D eigenvalue weighted by molar-refractivity contribution is -0.138. The van der Waals surface area contributed by atoms with E-state index in [0.717, 1.165) is 33.5 Å². The molecule has 4 aromatic rings. The molecule has 0 heterocycles. The number of rotatable bonds is 11. The summed E-state index contributed by atoms with van der Waals surface area (Å²) >= 11 is 0. The number of carbonyl (C=O) groups is 2. The molecule has 0 N–H and O–H groups in total. The lowest BCUT2D eigenvalue weighted by Gasteiger charge is -2.31. The summed E-state index contributed by atoms with van der Waals surface area (Å²) in [6, 6.07) is 41.4. The Morgan fingerprint density at radius 3 is 0.921 bits per heavy atom. The third-order valence-electron chi connectivity index (χ3n) is 7.12. The fourth-order valence-electron chi connectivity index (χ4n) is 5.10. The van der Waals surface area contributed by atoms with Crippen LogP contribution in [0.5, 0.6) is 0 Å². The first kappa shape index (κ1) is 27.7. The van der Waals surface area contributed by atoms with Gasteiger partial charge in [0.15, 0.2) is 12.3 Å². The first-order valence-electron chi connectivity index (χ1n) is 12.6. The van der Waals surface area contributed by atoms with Gasteiger partial charge in [-0.2, -0.15) is 0 Å². The molecule has 0 aliphatic carbocycles. The van der Waals surface area contributed by atoms with E-state index >= 15 is 0 Å². The number of carbonyl (C=O) groups excluding carboxylic acids is 2. The Morgan fingerprint density at radius 2 is 0.711 bits per heavy atom. The predicted octanol–water partition coefficient (Wildman–Crippen LogP) is 4.67. The van der Waals surface area contributed by atoms with Gasteiger partial charge in [0.25, 0.3) is 0 Å². The predicted molar refractivity (Wildman–Crippen MR) is 162 cm³/mol. The zero-order chi connectivity index (χ0) is 26.8. The largest absolute Gasteiger partial charge is 0.466 e. The second-order valence-electron chi connectivity index (χ2n) is 9.19. The second-order valence-corrected chi connectivity index (χ2v) is 16.7. The van der Waals surface area contributed by atoms with E-state index in [1.54, 1.807) is 0 Å². The number of esters is 2. The molecule has 0 radical (unpaired) electrons. The zero-order valence-electron chi connectivity index (χ0n) is 21.9. The molecular formula is C32H34O4P2+2. The van der Waals surface area contributed by atoms with Crippen LogP contribution in [0.15, 0.2) is 121 Å².